The van der Waals surface area contributed by atoms with Gasteiger partial charge in [0.05, 0.1) is 11.7 Å². The molecule has 4 atom stereocenters. The van der Waals surface area contributed by atoms with E-state index in [-0.39, 0.29) is 29.0 Å². The molecule has 52 heavy (non-hydrogen) atoms. The fraction of sp³-hybridized carbons (Fsp3) is 0.419. The fourth-order valence-electron chi connectivity index (χ4n) is 8.30. The zero-order chi connectivity index (χ0) is 36.9. The van der Waals surface area contributed by atoms with Gasteiger partial charge in [0.1, 0.15) is 4.21 Å². The van der Waals surface area contributed by atoms with Crippen molar-refractivity contribution in [3.8, 4) is 11.1 Å². The van der Waals surface area contributed by atoms with Gasteiger partial charge in [-0.3, -0.25) is 4.79 Å². The van der Waals surface area contributed by atoms with E-state index in [0.717, 1.165) is 28.7 Å². The molecular formula is C43H51NO6S2. The maximum atomic E-state index is 14.6. The molecule has 276 valence electrons. The Balaban J connectivity index is 1.42. The molecule has 7 rings (SSSR count). The van der Waals surface area contributed by atoms with E-state index in [1.54, 1.807) is 24.6 Å². The molecule has 0 amide bonds. The number of methoxy groups -OCH3 is 1. The summed E-state index contributed by atoms with van der Waals surface area (Å²) in [5.74, 6) is -0.325. The summed E-state index contributed by atoms with van der Waals surface area (Å²) < 4.78 is 35.1. The summed E-state index contributed by atoms with van der Waals surface area (Å²) in [6.07, 6.45) is 6.19. The second-order valence-electron chi connectivity index (χ2n) is 14.8. The third kappa shape index (κ3) is 8.05. The van der Waals surface area contributed by atoms with Crippen LogP contribution in [-0.2, 0) is 21.2 Å². The molecule has 0 unspecified atom stereocenters. The van der Waals surface area contributed by atoms with E-state index in [1.807, 2.05) is 72.8 Å². The molecule has 2 N–H and O–H groups in total. The predicted molar refractivity (Wildman–Crippen MR) is 208 cm³/mol. The van der Waals surface area contributed by atoms with E-state index in [0.29, 0.717) is 62.7 Å². The monoisotopic (exact) mass is 741 g/mol. The van der Waals surface area contributed by atoms with Crippen LogP contribution >= 0.6 is 11.3 Å². The number of benzene rings is 3. The zero-order valence-corrected chi connectivity index (χ0v) is 32.1. The molecule has 7 nitrogen and oxygen atoms in total. The highest BCUT2D eigenvalue weighted by Crippen LogP contribution is 2.59. The van der Waals surface area contributed by atoms with Crippen LogP contribution in [0.25, 0.3) is 11.1 Å². The minimum Gasteiger partial charge on any atom is -0.393 e. The van der Waals surface area contributed by atoms with Crippen molar-refractivity contribution in [2.24, 2.45) is 5.41 Å². The van der Waals surface area contributed by atoms with E-state index in [9.17, 15) is 23.4 Å². The van der Waals surface area contributed by atoms with Crippen LogP contribution < -0.4 is 0 Å². The van der Waals surface area contributed by atoms with Gasteiger partial charge < -0.3 is 14.9 Å². The van der Waals surface area contributed by atoms with Crippen LogP contribution in [0.15, 0.2) is 106 Å². The molecule has 0 spiro atoms. The molecule has 0 radical (unpaired) electrons. The third-order valence-electron chi connectivity index (χ3n) is 11.5. The molecule has 0 aliphatic heterocycles. The van der Waals surface area contributed by atoms with E-state index in [1.165, 1.54) is 21.2 Å². The molecule has 3 aromatic carbocycles. The number of rotatable bonds is 11. The summed E-state index contributed by atoms with van der Waals surface area (Å²) >= 11 is 1.18. The van der Waals surface area contributed by atoms with Crippen molar-refractivity contribution in [3.63, 3.8) is 0 Å². The average Bonchev–Trinajstić information content (AvgIpc) is 3.78. The molecule has 0 saturated heterocycles. The highest BCUT2D eigenvalue weighted by Gasteiger charge is 2.58. The number of nitrogens with zero attached hydrogens (tertiary/aromatic N) is 1. The van der Waals surface area contributed by atoms with E-state index in [2.05, 4.69) is 19.9 Å². The summed E-state index contributed by atoms with van der Waals surface area (Å²) in [7, 11) is -2.28. The van der Waals surface area contributed by atoms with Gasteiger partial charge in [0.2, 0.25) is 0 Å². The number of carbonyl (C=O) groups is 1. The Kier molecular flexibility index (Phi) is 12.0. The number of carbonyl (C=O) groups excluding carboxylic acids is 1. The quantitative estimate of drug-likeness (QED) is 0.0910. The van der Waals surface area contributed by atoms with Gasteiger partial charge in [-0.1, -0.05) is 91.4 Å². The smallest absolute Gasteiger partial charge is 0.252 e. The second kappa shape index (κ2) is 16.3. The van der Waals surface area contributed by atoms with Crippen molar-refractivity contribution in [1.82, 2.24) is 4.31 Å². The second-order valence-corrected chi connectivity index (χ2v) is 17.9. The first-order valence-electron chi connectivity index (χ1n) is 18.4. The van der Waals surface area contributed by atoms with Crippen molar-refractivity contribution < 1.29 is 28.2 Å². The topological polar surface area (TPSA) is 104 Å². The highest BCUT2D eigenvalue weighted by molar-refractivity contribution is 7.91. The average molecular weight is 742 g/mol. The number of aliphatic hydroxyl groups excluding tert-OH is 1. The minimum absolute atomic E-state index is 0.0544. The fourth-order valence-corrected chi connectivity index (χ4v) is 11.0. The predicted octanol–water partition coefficient (Wildman–Crippen LogP) is 8.41. The van der Waals surface area contributed by atoms with Gasteiger partial charge in [-0.2, -0.15) is 4.31 Å². The first kappa shape index (κ1) is 38.3. The van der Waals surface area contributed by atoms with Gasteiger partial charge in [0.25, 0.3) is 10.0 Å². The lowest BCUT2D eigenvalue weighted by atomic mass is 9.64. The lowest BCUT2D eigenvalue weighted by Gasteiger charge is -2.46. The SMILES string of the molecule is COCCCN(C[C@]1(O)CC[C@H]2c3ccc(cc3C(=O)c3ccc(-c4ccccc4)cc3)C[C@@H](O)CCC(C)=CCC[C@@]21C)S(=O)(=O)c1cccs1. The Morgan fingerprint density at radius 2 is 1.73 bits per heavy atom. The van der Waals surface area contributed by atoms with E-state index >= 15 is 0 Å². The molecule has 3 aliphatic rings. The van der Waals surface area contributed by atoms with Crippen LogP contribution in [0.1, 0.15) is 91.8 Å². The van der Waals surface area contributed by atoms with Crippen molar-refractivity contribution in [2.75, 3.05) is 26.8 Å². The van der Waals surface area contributed by atoms with Crippen LogP contribution in [0.2, 0.25) is 0 Å². The zero-order valence-electron chi connectivity index (χ0n) is 30.5. The number of aliphatic hydroxyl groups is 2. The Hall–Kier alpha value is -3.44. The maximum Gasteiger partial charge on any atom is 0.252 e. The summed E-state index contributed by atoms with van der Waals surface area (Å²) in [5, 5.41) is 25.7. The Morgan fingerprint density at radius 3 is 2.44 bits per heavy atom. The van der Waals surface area contributed by atoms with E-state index in [4.69, 9.17) is 4.74 Å². The molecule has 9 heteroatoms. The first-order chi connectivity index (χ1) is 24.9. The number of hydrogen-bond acceptors (Lipinski definition) is 7. The van der Waals surface area contributed by atoms with E-state index < -0.39 is 27.1 Å². The lowest BCUT2D eigenvalue weighted by molar-refractivity contribution is -0.0727. The van der Waals surface area contributed by atoms with Gasteiger partial charge in [-0.25, -0.2) is 8.42 Å². The molecule has 1 heterocycles. The molecule has 1 saturated carbocycles. The van der Waals surface area contributed by atoms with Crippen LogP contribution in [0.4, 0.5) is 0 Å². The molecule has 1 aromatic heterocycles. The molecule has 1 fully saturated rings. The third-order valence-corrected chi connectivity index (χ3v) is 14.7. The van der Waals surface area contributed by atoms with Crippen molar-refractivity contribution in [1.29, 1.82) is 0 Å². The van der Waals surface area contributed by atoms with Crippen molar-refractivity contribution >= 4 is 27.1 Å². The summed E-state index contributed by atoms with van der Waals surface area (Å²) in [6, 6.07) is 27.1. The number of fused-ring (bicyclic) bond motifs is 8. The molecule has 4 aromatic rings. The summed E-state index contributed by atoms with van der Waals surface area (Å²) in [4.78, 5) is 14.6. The van der Waals surface area contributed by atoms with Crippen LogP contribution in [0.5, 0.6) is 0 Å². The van der Waals surface area contributed by atoms with Crippen molar-refractivity contribution in [3.05, 3.63) is 124 Å². The number of thiophene rings is 1. The highest BCUT2D eigenvalue weighted by atomic mass is 32.2. The van der Waals surface area contributed by atoms with Gasteiger partial charge in [-0.15, -0.1) is 11.3 Å². The largest absolute Gasteiger partial charge is 0.393 e. The molecule has 3 aliphatic carbocycles. The molecule has 2 bridgehead atoms. The number of hydrogen-bond donors (Lipinski definition) is 2. The van der Waals surface area contributed by atoms with Crippen molar-refractivity contribution in [2.45, 2.75) is 87.0 Å². The Labute approximate surface area is 313 Å². The summed E-state index contributed by atoms with van der Waals surface area (Å²) in [6.45, 7) is 4.73. The van der Waals surface area contributed by atoms with Gasteiger partial charge in [0.15, 0.2) is 5.78 Å². The minimum atomic E-state index is -3.88. The first-order valence-corrected chi connectivity index (χ1v) is 20.7. The van der Waals surface area contributed by atoms with Gasteiger partial charge in [0, 0.05) is 43.3 Å². The van der Waals surface area contributed by atoms with Crippen LogP contribution in [-0.4, -0.2) is 67.2 Å². The molecular weight excluding hydrogens is 691 g/mol. The lowest BCUT2D eigenvalue weighted by Crippen LogP contribution is -2.54. The number of ether oxygens (including phenoxy) is 1. The van der Waals surface area contributed by atoms with Gasteiger partial charge in [-0.05, 0) is 104 Å². The van der Waals surface area contributed by atoms with Gasteiger partial charge >= 0.3 is 0 Å². The maximum absolute atomic E-state index is 14.6. The number of ketones is 1. The Bertz CT molecular complexity index is 1960. The number of sulfonamides is 1. The van der Waals surface area contributed by atoms with Crippen LogP contribution in [0, 0.1) is 5.41 Å². The summed E-state index contributed by atoms with van der Waals surface area (Å²) in [5.41, 5.74) is 4.02. The number of allylic oxidation sites excluding steroid dienone is 2. The normalized spacial score (nSPS) is 24.0. The Morgan fingerprint density at radius 1 is 0.981 bits per heavy atom. The van der Waals surface area contributed by atoms with Crippen LogP contribution in [0.3, 0.4) is 0 Å². The standard InChI is InChI=1S/C43H51NO6S2/c1-31-10-7-23-42(2)39(22-24-43(42,47)30-44(25-9-26-50-3)52(48,49)40-13-8-27-51-40)37-21-15-32(28-36(45)20-14-31)29-38(37)41(46)35-18-16-34(17-19-35)33-11-5-4-6-12-33/h4-6,8,10-13,15-19,21,27,29,36,39,45,47H,7,9,14,20,22-26,28,30H2,1-3H3/t36-,39-,42-,43+/m0/s1.